The van der Waals surface area contributed by atoms with Crippen molar-refractivity contribution in [3.05, 3.63) is 12.7 Å². The number of unbranched alkanes of at least 4 members (excludes halogenated alkanes) is 13. The number of hydrogen-bond donors (Lipinski definition) is 1. The zero-order valence-electron chi connectivity index (χ0n) is 14.0. The summed E-state index contributed by atoms with van der Waals surface area (Å²) in [5, 5.41) is 8.68. The second kappa shape index (κ2) is 19.3. The molecule has 0 aliphatic carbocycles. The van der Waals surface area contributed by atoms with Crippen molar-refractivity contribution in [3.8, 4) is 11.8 Å². The highest BCUT2D eigenvalue weighted by Crippen LogP contribution is 2.09. The minimum Gasteiger partial charge on any atom is -0.396 e. The van der Waals surface area contributed by atoms with E-state index in [4.69, 9.17) is 5.11 Å². The van der Waals surface area contributed by atoms with Crippen LogP contribution in [0.4, 0.5) is 0 Å². The van der Waals surface area contributed by atoms with Crippen LogP contribution >= 0.6 is 0 Å². The van der Waals surface area contributed by atoms with Gasteiger partial charge in [-0.05, 0) is 32.1 Å². The molecule has 0 rings (SSSR count). The Labute approximate surface area is 133 Å². The summed E-state index contributed by atoms with van der Waals surface area (Å²) in [4.78, 5) is 0. The first-order valence-electron chi connectivity index (χ1n) is 9.09. The summed E-state index contributed by atoms with van der Waals surface area (Å²) in [6.45, 7) is 4.09. The molecule has 0 unspecified atom stereocenters. The van der Waals surface area contributed by atoms with E-state index in [1.807, 2.05) is 6.08 Å². The molecular formula is C20H36O. The summed E-state index contributed by atoms with van der Waals surface area (Å²) >= 11 is 0. The molecule has 0 saturated heterocycles. The number of hydrogen-bond acceptors (Lipinski definition) is 1. The summed E-state index contributed by atoms with van der Waals surface area (Å²) in [6.07, 6.45) is 20.6. The minimum atomic E-state index is 0.355. The van der Waals surface area contributed by atoms with Crippen LogP contribution in [-0.4, -0.2) is 11.7 Å². The number of rotatable bonds is 15. The first-order chi connectivity index (χ1) is 10.4. The van der Waals surface area contributed by atoms with Crippen molar-refractivity contribution in [2.45, 2.75) is 96.3 Å². The molecule has 122 valence electrons. The highest BCUT2D eigenvalue weighted by atomic mass is 16.2. The van der Waals surface area contributed by atoms with Gasteiger partial charge in [-0.2, -0.15) is 0 Å². The van der Waals surface area contributed by atoms with E-state index in [1.54, 1.807) is 0 Å². The van der Waals surface area contributed by atoms with Gasteiger partial charge >= 0.3 is 0 Å². The molecule has 0 aliphatic heterocycles. The largest absolute Gasteiger partial charge is 0.396 e. The van der Waals surface area contributed by atoms with Crippen LogP contribution < -0.4 is 0 Å². The average Bonchev–Trinajstić information content (AvgIpc) is 2.50. The van der Waals surface area contributed by atoms with Crippen molar-refractivity contribution in [3.63, 3.8) is 0 Å². The van der Waals surface area contributed by atoms with E-state index < -0.39 is 0 Å². The Balaban J connectivity index is 3.07. The molecule has 1 heteroatoms. The van der Waals surface area contributed by atoms with Crippen molar-refractivity contribution in [1.29, 1.82) is 0 Å². The second-order valence-electron chi connectivity index (χ2n) is 5.90. The van der Waals surface area contributed by atoms with E-state index in [1.165, 1.54) is 70.6 Å². The van der Waals surface area contributed by atoms with Gasteiger partial charge in [-0.1, -0.05) is 57.4 Å². The minimum absolute atomic E-state index is 0.355. The smallest absolute Gasteiger partial charge is 0.0431 e. The molecule has 0 aliphatic rings. The molecule has 0 bridgehead atoms. The van der Waals surface area contributed by atoms with Gasteiger partial charge < -0.3 is 5.11 Å². The van der Waals surface area contributed by atoms with Crippen LogP contribution in [0.3, 0.4) is 0 Å². The number of aliphatic hydroxyl groups excluding tert-OH is 1. The quantitative estimate of drug-likeness (QED) is 0.222. The molecular weight excluding hydrogens is 256 g/mol. The maximum atomic E-state index is 8.68. The highest BCUT2D eigenvalue weighted by Gasteiger charge is 1.91. The van der Waals surface area contributed by atoms with Crippen LogP contribution in [0.2, 0.25) is 0 Å². The van der Waals surface area contributed by atoms with Gasteiger partial charge in [0.1, 0.15) is 0 Å². The molecule has 0 radical (unpaired) electrons. The molecule has 0 aromatic carbocycles. The molecule has 0 atom stereocenters. The Kier molecular flexibility index (Phi) is 18.6. The molecule has 0 heterocycles. The summed E-state index contributed by atoms with van der Waals surface area (Å²) in [6, 6.07) is 0. The van der Waals surface area contributed by atoms with E-state index in [9.17, 15) is 0 Å². The van der Waals surface area contributed by atoms with Gasteiger partial charge in [0, 0.05) is 19.4 Å². The zero-order chi connectivity index (χ0) is 15.4. The molecule has 0 aromatic rings. The standard InChI is InChI=1S/C20H36O/c1-2-3-4-5-6-7-8-9-10-11-12-13-14-15-16-17-18-19-20-21/h2,21H,1,3-8,11-20H2. The molecule has 0 fully saturated rings. The van der Waals surface area contributed by atoms with Crippen molar-refractivity contribution in [2.24, 2.45) is 0 Å². The normalized spacial score (nSPS) is 10.1. The monoisotopic (exact) mass is 292 g/mol. The van der Waals surface area contributed by atoms with Crippen molar-refractivity contribution < 1.29 is 5.11 Å². The van der Waals surface area contributed by atoms with E-state index in [2.05, 4.69) is 18.4 Å². The fourth-order valence-corrected chi connectivity index (χ4v) is 2.42. The van der Waals surface area contributed by atoms with Gasteiger partial charge in [-0.25, -0.2) is 0 Å². The molecule has 1 N–H and O–H groups in total. The third-order valence-corrected chi connectivity index (χ3v) is 3.79. The SMILES string of the molecule is C=CCCCCCCC#CCCCCCCCCCCO. The van der Waals surface area contributed by atoms with Gasteiger partial charge in [0.25, 0.3) is 0 Å². The maximum absolute atomic E-state index is 8.68. The van der Waals surface area contributed by atoms with Crippen LogP contribution in [0.25, 0.3) is 0 Å². The van der Waals surface area contributed by atoms with Crippen LogP contribution in [0.1, 0.15) is 96.3 Å². The second-order valence-corrected chi connectivity index (χ2v) is 5.90. The van der Waals surface area contributed by atoms with Gasteiger partial charge in [-0.15, -0.1) is 18.4 Å². The predicted molar refractivity (Wildman–Crippen MR) is 94.3 cm³/mol. The third-order valence-electron chi connectivity index (χ3n) is 3.79. The lowest BCUT2D eigenvalue weighted by atomic mass is 10.1. The van der Waals surface area contributed by atoms with Gasteiger partial charge in [-0.3, -0.25) is 0 Å². The lowest BCUT2D eigenvalue weighted by Gasteiger charge is -2.00. The fraction of sp³-hybridized carbons (Fsp3) is 0.800. The third kappa shape index (κ3) is 19.3. The van der Waals surface area contributed by atoms with Crippen molar-refractivity contribution >= 4 is 0 Å². The van der Waals surface area contributed by atoms with E-state index in [-0.39, 0.29) is 0 Å². The Bertz CT molecular complexity index is 259. The molecule has 0 saturated carbocycles. The maximum Gasteiger partial charge on any atom is 0.0431 e. The van der Waals surface area contributed by atoms with E-state index >= 15 is 0 Å². The number of allylic oxidation sites excluding steroid dienone is 1. The van der Waals surface area contributed by atoms with Gasteiger partial charge in [0.05, 0.1) is 0 Å². The van der Waals surface area contributed by atoms with Crippen LogP contribution in [0.5, 0.6) is 0 Å². The molecule has 1 nitrogen and oxygen atoms in total. The fourth-order valence-electron chi connectivity index (χ4n) is 2.42. The lowest BCUT2D eigenvalue weighted by Crippen LogP contribution is -1.84. The van der Waals surface area contributed by atoms with Crippen molar-refractivity contribution in [1.82, 2.24) is 0 Å². The summed E-state index contributed by atoms with van der Waals surface area (Å²) < 4.78 is 0. The summed E-state index contributed by atoms with van der Waals surface area (Å²) in [7, 11) is 0. The average molecular weight is 293 g/mol. The van der Waals surface area contributed by atoms with Crippen LogP contribution in [-0.2, 0) is 0 Å². The van der Waals surface area contributed by atoms with Crippen LogP contribution in [0.15, 0.2) is 12.7 Å². The topological polar surface area (TPSA) is 20.2 Å². The Morgan fingerprint density at radius 1 is 0.619 bits per heavy atom. The molecule has 21 heavy (non-hydrogen) atoms. The molecule has 0 aromatic heterocycles. The van der Waals surface area contributed by atoms with E-state index in [0.717, 1.165) is 25.7 Å². The Hall–Kier alpha value is -0.740. The summed E-state index contributed by atoms with van der Waals surface area (Å²) in [5.41, 5.74) is 0. The first kappa shape index (κ1) is 20.3. The van der Waals surface area contributed by atoms with Crippen LogP contribution in [0, 0.1) is 11.8 Å². The van der Waals surface area contributed by atoms with Gasteiger partial charge in [0.2, 0.25) is 0 Å². The molecule has 0 amide bonds. The Morgan fingerprint density at radius 3 is 1.52 bits per heavy atom. The lowest BCUT2D eigenvalue weighted by molar-refractivity contribution is 0.282. The first-order valence-corrected chi connectivity index (χ1v) is 9.09. The highest BCUT2D eigenvalue weighted by molar-refractivity contribution is 4.98. The van der Waals surface area contributed by atoms with Gasteiger partial charge in [0.15, 0.2) is 0 Å². The molecule has 0 spiro atoms. The summed E-state index contributed by atoms with van der Waals surface area (Å²) in [5.74, 6) is 6.62. The predicted octanol–water partition coefficient (Wildman–Crippen LogP) is 6.02. The van der Waals surface area contributed by atoms with Crippen molar-refractivity contribution in [2.75, 3.05) is 6.61 Å². The zero-order valence-corrected chi connectivity index (χ0v) is 14.0. The van der Waals surface area contributed by atoms with E-state index in [0.29, 0.717) is 6.61 Å². The Morgan fingerprint density at radius 2 is 1.05 bits per heavy atom. The number of aliphatic hydroxyl groups is 1.